The summed E-state index contributed by atoms with van der Waals surface area (Å²) in [6.45, 7) is 14.1. The fourth-order valence-corrected chi connectivity index (χ4v) is 3.86. The molecule has 2 heterocycles. The van der Waals surface area contributed by atoms with Crippen LogP contribution in [0.4, 0.5) is 0 Å². The lowest BCUT2D eigenvalue weighted by molar-refractivity contribution is -0.142. The highest BCUT2D eigenvalue weighted by Gasteiger charge is 2.25. The number of carbonyl (C=O) groups is 7. The van der Waals surface area contributed by atoms with E-state index in [0.717, 1.165) is 12.8 Å². The smallest absolute Gasteiger partial charge is 0.230 e. The first-order valence-electron chi connectivity index (χ1n) is 13.9. The third-order valence-corrected chi connectivity index (χ3v) is 5.95. The van der Waals surface area contributed by atoms with Crippen LogP contribution in [0, 0.1) is 11.8 Å². The largest absolute Gasteiger partial charge is 0.339 e. The second-order valence-electron chi connectivity index (χ2n) is 9.57. The van der Waals surface area contributed by atoms with Crippen LogP contribution in [0.1, 0.15) is 80.1 Å². The highest BCUT2D eigenvalue weighted by Crippen LogP contribution is 2.07. The van der Waals surface area contributed by atoms with Gasteiger partial charge in [0.1, 0.15) is 17.3 Å². The lowest BCUT2D eigenvalue weighted by Crippen LogP contribution is -2.51. The van der Waals surface area contributed by atoms with Crippen molar-refractivity contribution in [2.24, 2.45) is 0 Å². The molecule has 0 bridgehead atoms. The normalized spacial score (nSPS) is 14.3. The molecule has 0 aromatic carbocycles. The lowest BCUT2D eigenvalue weighted by atomic mass is 10.2. The Hall–Kier alpha value is -3.55. The van der Waals surface area contributed by atoms with Crippen LogP contribution in [0.5, 0.6) is 0 Å². The molecule has 2 saturated heterocycles. The zero-order chi connectivity index (χ0) is 30.7. The van der Waals surface area contributed by atoms with E-state index in [0.29, 0.717) is 58.8 Å². The monoisotopic (exact) mass is 562 g/mol. The van der Waals surface area contributed by atoms with E-state index in [1.807, 2.05) is 6.92 Å². The van der Waals surface area contributed by atoms with Crippen LogP contribution in [0.25, 0.3) is 0 Å². The minimum absolute atomic E-state index is 0.0261. The molecule has 0 unspecified atom stereocenters. The van der Waals surface area contributed by atoms with E-state index in [1.54, 1.807) is 19.6 Å². The van der Waals surface area contributed by atoms with E-state index < -0.39 is 0 Å². The molecule has 0 radical (unpaired) electrons. The minimum Gasteiger partial charge on any atom is -0.339 e. The van der Waals surface area contributed by atoms with Crippen LogP contribution in [0.2, 0.25) is 0 Å². The number of carbonyl (C=O) groups excluding carboxylic acids is 7. The Balaban J connectivity index is 0.000000636. The summed E-state index contributed by atoms with van der Waals surface area (Å²) < 4.78 is 0. The van der Waals surface area contributed by atoms with Gasteiger partial charge in [0.2, 0.25) is 23.6 Å². The molecule has 0 aromatic rings. The van der Waals surface area contributed by atoms with Crippen molar-refractivity contribution in [3.63, 3.8) is 0 Å². The van der Waals surface area contributed by atoms with Gasteiger partial charge in [-0.2, -0.15) is 0 Å². The maximum atomic E-state index is 11.6. The average Bonchev–Trinajstić information content (AvgIpc) is 2.91. The van der Waals surface area contributed by atoms with Crippen LogP contribution in [0.15, 0.2) is 0 Å². The topological polar surface area (TPSA) is 132 Å². The Bertz CT molecular complexity index is 907. The number of Topliss-reactive ketones (excluding diaryl/α,β-unsaturated/α-hetero) is 3. The molecule has 40 heavy (non-hydrogen) atoms. The Morgan fingerprint density at radius 2 is 0.675 bits per heavy atom. The molecule has 0 aliphatic carbocycles. The van der Waals surface area contributed by atoms with Gasteiger partial charge in [-0.25, -0.2) is 0 Å². The minimum atomic E-state index is -0.193. The van der Waals surface area contributed by atoms with Gasteiger partial charge in [0.05, 0.1) is 19.3 Å². The summed E-state index contributed by atoms with van der Waals surface area (Å²) in [7, 11) is 0. The first-order valence-corrected chi connectivity index (χ1v) is 13.9. The zero-order valence-electron chi connectivity index (χ0n) is 25.0. The Labute approximate surface area is 238 Å². The zero-order valence-corrected chi connectivity index (χ0v) is 25.0. The molecule has 224 valence electrons. The third kappa shape index (κ3) is 15.8. The fraction of sp³-hybridized carbons (Fsp3) is 0.690. The molecular formula is C29H46N4O7. The van der Waals surface area contributed by atoms with Gasteiger partial charge in [-0.1, -0.05) is 20.8 Å². The number of ketones is 3. The van der Waals surface area contributed by atoms with Crippen molar-refractivity contribution in [2.75, 3.05) is 52.4 Å². The van der Waals surface area contributed by atoms with Gasteiger partial charge < -0.3 is 19.6 Å². The quantitative estimate of drug-likeness (QED) is 0.339. The summed E-state index contributed by atoms with van der Waals surface area (Å²) >= 11 is 0. The van der Waals surface area contributed by atoms with Crippen LogP contribution in [-0.4, -0.2) is 113 Å². The molecule has 4 amide bonds. The number of nitrogens with zero attached hydrogens (tertiary/aromatic N) is 4. The van der Waals surface area contributed by atoms with E-state index in [1.165, 1.54) is 20.8 Å². The lowest BCUT2D eigenvalue weighted by Gasteiger charge is -2.34. The van der Waals surface area contributed by atoms with Crippen molar-refractivity contribution in [2.45, 2.75) is 80.1 Å². The van der Waals surface area contributed by atoms with Gasteiger partial charge in [-0.15, -0.1) is 11.8 Å². The summed E-state index contributed by atoms with van der Waals surface area (Å²) in [5.41, 5.74) is 0. The van der Waals surface area contributed by atoms with Gasteiger partial charge >= 0.3 is 0 Å². The second kappa shape index (κ2) is 20.4. The molecule has 2 aliphatic rings. The predicted molar refractivity (Wildman–Crippen MR) is 151 cm³/mol. The van der Waals surface area contributed by atoms with E-state index in [-0.39, 0.29) is 60.2 Å². The predicted octanol–water partition coefficient (Wildman–Crippen LogP) is 1.47. The van der Waals surface area contributed by atoms with E-state index >= 15 is 0 Å². The molecule has 11 heteroatoms. The fourth-order valence-electron chi connectivity index (χ4n) is 3.86. The molecule has 0 atom stereocenters. The number of amides is 4. The third-order valence-electron chi connectivity index (χ3n) is 5.95. The van der Waals surface area contributed by atoms with E-state index in [9.17, 15) is 33.6 Å². The first-order chi connectivity index (χ1) is 18.9. The maximum absolute atomic E-state index is 11.6. The highest BCUT2D eigenvalue weighted by molar-refractivity contribution is 5.98. The van der Waals surface area contributed by atoms with Crippen LogP contribution < -0.4 is 0 Å². The van der Waals surface area contributed by atoms with Crippen molar-refractivity contribution < 1.29 is 33.6 Å². The van der Waals surface area contributed by atoms with Crippen LogP contribution in [-0.2, 0) is 33.6 Å². The van der Waals surface area contributed by atoms with E-state index in [4.69, 9.17) is 0 Å². The molecule has 0 N–H and O–H groups in total. The summed E-state index contributed by atoms with van der Waals surface area (Å²) in [6.07, 6.45) is 2.30. The second-order valence-corrected chi connectivity index (χ2v) is 9.57. The molecule has 0 spiro atoms. The summed E-state index contributed by atoms with van der Waals surface area (Å²) in [5.74, 6) is 5.08. The number of rotatable bonds is 7. The molecule has 11 nitrogen and oxygen atoms in total. The molecule has 2 aliphatic heterocycles. The van der Waals surface area contributed by atoms with Crippen LogP contribution in [0.3, 0.4) is 0 Å². The van der Waals surface area contributed by atoms with Gasteiger partial charge in [0, 0.05) is 71.6 Å². The Morgan fingerprint density at radius 3 is 0.850 bits per heavy atom. The Kier molecular flexibility index (Phi) is 18.6. The van der Waals surface area contributed by atoms with Crippen LogP contribution >= 0.6 is 0 Å². The summed E-state index contributed by atoms with van der Waals surface area (Å²) in [4.78, 5) is 85.2. The van der Waals surface area contributed by atoms with E-state index in [2.05, 4.69) is 25.7 Å². The number of hydrogen-bond donors (Lipinski definition) is 0. The average molecular weight is 563 g/mol. The van der Waals surface area contributed by atoms with Gasteiger partial charge in [0.25, 0.3) is 0 Å². The van der Waals surface area contributed by atoms with Gasteiger partial charge in [-0.05, 0) is 20.8 Å². The number of hydrogen-bond acceptors (Lipinski definition) is 7. The molecule has 2 fully saturated rings. The SMILES string of the molecule is CC(=O)CC(=O)N1CCN(C(=O)CC(C)=O)CC1.CCC#CCC.CCC(=O)N1CCN(C(=O)CC(C)=O)CC1. The van der Waals surface area contributed by atoms with Gasteiger partial charge in [-0.3, -0.25) is 33.6 Å². The van der Waals surface area contributed by atoms with Crippen molar-refractivity contribution >= 4 is 41.0 Å². The molecular weight excluding hydrogens is 516 g/mol. The van der Waals surface area contributed by atoms with Gasteiger partial charge in [0.15, 0.2) is 0 Å². The van der Waals surface area contributed by atoms with Crippen molar-refractivity contribution in [3.8, 4) is 11.8 Å². The maximum Gasteiger partial charge on any atom is 0.230 e. The molecule has 0 saturated carbocycles. The highest BCUT2D eigenvalue weighted by atomic mass is 16.2. The Morgan fingerprint density at radius 1 is 0.450 bits per heavy atom. The van der Waals surface area contributed by atoms with Crippen molar-refractivity contribution in [1.82, 2.24) is 19.6 Å². The first kappa shape index (κ1) is 36.5. The standard InChI is InChI=1S/C12H18N2O4.C11H18N2O3.C6H10/c1-9(15)7-11(17)13-3-5-14(6-4-13)12(18)8-10(2)16;1-3-10(15)12-4-6-13(7-5-12)11(16)8-9(2)14;1-3-5-6-4-2/h3-8H2,1-2H3;3-8H2,1-2H3;3-4H2,1-2H3. The van der Waals surface area contributed by atoms with Crippen molar-refractivity contribution in [3.05, 3.63) is 0 Å². The molecule has 0 aromatic heterocycles. The summed E-state index contributed by atoms with van der Waals surface area (Å²) in [5, 5.41) is 0. The summed E-state index contributed by atoms with van der Waals surface area (Å²) in [6, 6.07) is 0. The van der Waals surface area contributed by atoms with Crippen molar-refractivity contribution in [1.29, 1.82) is 0 Å². The molecule has 2 rings (SSSR count). The number of piperazine rings is 2.